The molecule has 3 rings (SSSR count). The predicted molar refractivity (Wildman–Crippen MR) is 93.6 cm³/mol. The van der Waals surface area contributed by atoms with Gasteiger partial charge < -0.3 is 20.9 Å². The Bertz CT molecular complexity index is 677. The largest absolute Gasteiger partial charge is 0.372 e. The molecule has 128 valence electrons. The van der Waals surface area contributed by atoms with Crippen LogP contribution in [0.25, 0.3) is 0 Å². The van der Waals surface area contributed by atoms with Crippen LogP contribution in [0.2, 0.25) is 0 Å². The highest BCUT2D eigenvalue weighted by atomic mass is 16.2. The van der Waals surface area contributed by atoms with Crippen molar-refractivity contribution >= 4 is 17.6 Å². The first kappa shape index (κ1) is 16.4. The molecule has 0 saturated carbocycles. The van der Waals surface area contributed by atoms with Gasteiger partial charge in [-0.25, -0.2) is 4.79 Å². The Morgan fingerprint density at radius 3 is 2.79 bits per heavy atom. The molecule has 0 aromatic heterocycles. The zero-order valence-corrected chi connectivity index (χ0v) is 14.2. The lowest BCUT2D eigenvalue weighted by atomic mass is 10.0. The van der Waals surface area contributed by atoms with Crippen LogP contribution in [-0.2, 0) is 11.3 Å². The first-order chi connectivity index (χ1) is 11.5. The van der Waals surface area contributed by atoms with Gasteiger partial charge in [-0.15, -0.1) is 0 Å². The number of nitrogens with zero attached hydrogens (tertiary/aromatic N) is 1. The van der Waals surface area contributed by atoms with Gasteiger partial charge in [-0.2, -0.15) is 0 Å². The second kappa shape index (κ2) is 6.95. The van der Waals surface area contributed by atoms with Crippen LogP contribution in [0.15, 0.2) is 35.5 Å². The van der Waals surface area contributed by atoms with E-state index in [1.807, 2.05) is 19.1 Å². The fourth-order valence-electron chi connectivity index (χ4n) is 3.35. The van der Waals surface area contributed by atoms with Crippen molar-refractivity contribution < 1.29 is 9.59 Å². The SMILES string of the molecule is CC1=C(C(=O)NCc2cccc(N3CCCC3)c2)[C@H](C)NC(=O)N1. The number of amides is 3. The Morgan fingerprint density at radius 2 is 2.08 bits per heavy atom. The minimum atomic E-state index is -0.297. The molecule has 0 unspecified atom stereocenters. The molecule has 1 saturated heterocycles. The molecule has 2 aliphatic rings. The van der Waals surface area contributed by atoms with Crippen molar-refractivity contribution in [3.8, 4) is 0 Å². The maximum Gasteiger partial charge on any atom is 0.319 e. The second-order valence-electron chi connectivity index (χ2n) is 6.41. The molecule has 1 fully saturated rings. The molecule has 3 N–H and O–H groups in total. The molecule has 6 heteroatoms. The molecule has 2 heterocycles. The van der Waals surface area contributed by atoms with Crippen LogP contribution in [0.4, 0.5) is 10.5 Å². The van der Waals surface area contributed by atoms with E-state index in [2.05, 4.69) is 33.0 Å². The van der Waals surface area contributed by atoms with Gasteiger partial charge in [0.25, 0.3) is 5.91 Å². The molecule has 1 aromatic carbocycles. The van der Waals surface area contributed by atoms with Gasteiger partial charge in [-0.1, -0.05) is 12.1 Å². The van der Waals surface area contributed by atoms with Gasteiger partial charge in [0.05, 0.1) is 11.6 Å². The first-order valence-electron chi connectivity index (χ1n) is 8.45. The third-order valence-corrected chi connectivity index (χ3v) is 4.57. The Balaban J connectivity index is 1.65. The van der Waals surface area contributed by atoms with Crippen LogP contribution < -0.4 is 20.9 Å². The molecule has 3 amide bonds. The average molecular weight is 328 g/mol. The summed E-state index contributed by atoms with van der Waals surface area (Å²) in [5.41, 5.74) is 3.47. The van der Waals surface area contributed by atoms with Crippen molar-refractivity contribution in [3.63, 3.8) is 0 Å². The highest BCUT2D eigenvalue weighted by molar-refractivity contribution is 5.98. The number of urea groups is 1. The van der Waals surface area contributed by atoms with Gasteiger partial charge in [-0.05, 0) is 44.4 Å². The van der Waals surface area contributed by atoms with E-state index in [0.717, 1.165) is 18.7 Å². The maximum atomic E-state index is 12.5. The van der Waals surface area contributed by atoms with E-state index in [4.69, 9.17) is 0 Å². The molecule has 0 aliphatic carbocycles. The fourth-order valence-corrected chi connectivity index (χ4v) is 3.35. The topological polar surface area (TPSA) is 73.5 Å². The lowest BCUT2D eigenvalue weighted by Crippen LogP contribution is -2.50. The van der Waals surface area contributed by atoms with Crippen LogP contribution in [0.1, 0.15) is 32.3 Å². The molecule has 0 bridgehead atoms. The standard InChI is InChI=1S/C18H24N4O2/c1-12-16(13(2)21-18(24)20-12)17(23)19-11-14-6-5-7-15(10-14)22-8-3-4-9-22/h5-7,10,12H,3-4,8-9,11H2,1-2H3,(H,19,23)(H2,20,21,24)/t12-/m0/s1. The Hall–Kier alpha value is -2.50. The van der Waals surface area contributed by atoms with E-state index in [-0.39, 0.29) is 18.0 Å². The number of hydrogen-bond donors (Lipinski definition) is 3. The van der Waals surface area contributed by atoms with Gasteiger partial charge in [0, 0.05) is 31.0 Å². The Morgan fingerprint density at radius 1 is 1.33 bits per heavy atom. The smallest absolute Gasteiger partial charge is 0.319 e. The molecular weight excluding hydrogens is 304 g/mol. The Labute approximate surface area is 142 Å². The van der Waals surface area contributed by atoms with E-state index in [9.17, 15) is 9.59 Å². The van der Waals surface area contributed by atoms with Crippen molar-refractivity contribution in [1.82, 2.24) is 16.0 Å². The number of benzene rings is 1. The zero-order valence-electron chi connectivity index (χ0n) is 14.2. The third-order valence-electron chi connectivity index (χ3n) is 4.57. The van der Waals surface area contributed by atoms with Crippen LogP contribution in [0.5, 0.6) is 0 Å². The van der Waals surface area contributed by atoms with Crippen LogP contribution in [-0.4, -0.2) is 31.1 Å². The van der Waals surface area contributed by atoms with Crippen LogP contribution in [0.3, 0.4) is 0 Å². The highest BCUT2D eigenvalue weighted by Crippen LogP contribution is 2.21. The molecule has 2 aliphatic heterocycles. The second-order valence-corrected chi connectivity index (χ2v) is 6.41. The van der Waals surface area contributed by atoms with E-state index in [0.29, 0.717) is 17.8 Å². The summed E-state index contributed by atoms with van der Waals surface area (Å²) in [6.45, 7) is 6.23. The molecule has 1 aromatic rings. The maximum absolute atomic E-state index is 12.5. The van der Waals surface area contributed by atoms with Crippen molar-refractivity contribution in [1.29, 1.82) is 0 Å². The number of anilines is 1. The lowest BCUT2D eigenvalue weighted by Gasteiger charge is -2.25. The summed E-state index contributed by atoms with van der Waals surface area (Å²) in [4.78, 5) is 26.2. The first-order valence-corrected chi connectivity index (χ1v) is 8.45. The molecule has 0 radical (unpaired) electrons. The minimum absolute atomic E-state index is 0.154. The molecule has 0 spiro atoms. The van der Waals surface area contributed by atoms with Crippen LogP contribution >= 0.6 is 0 Å². The molecule has 24 heavy (non-hydrogen) atoms. The van der Waals surface area contributed by atoms with E-state index in [1.54, 1.807) is 6.92 Å². The highest BCUT2D eigenvalue weighted by Gasteiger charge is 2.26. The summed E-state index contributed by atoms with van der Waals surface area (Å²) >= 11 is 0. The summed E-state index contributed by atoms with van der Waals surface area (Å²) < 4.78 is 0. The molecular formula is C18H24N4O2. The zero-order chi connectivity index (χ0) is 17.1. The molecule has 1 atom stereocenters. The number of rotatable bonds is 4. The summed E-state index contributed by atoms with van der Waals surface area (Å²) in [5.74, 6) is -0.154. The number of allylic oxidation sites excluding steroid dienone is 1. The fraction of sp³-hybridized carbons (Fsp3) is 0.444. The normalized spacial score (nSPS) is 20.7. The quantitative estimate of drug-likeness (QED) is 0.790. The summed E-state index contributed by atoms with van der Waals surface area (Å²) in [6.07, 6.45) is 2.48. The van der Waals surface area contributed by atoms with Gasteiger partial charge in [0.1, 0.15) is 0 Å². The monoisotopic (exact) mass is 328 g/mol. The molecule has 6 nitrogen and oxygen atoms in total. The summed E-state index contributed by atoms with van der Waals surface area (Å²) in [6, 6.07) is 7.74. The number of carbonyl (C=O) groups excluding carboxylic acids is 2. The van der Waals surface area contributed by atoms with Crippen molar-refractivity contribution in [2.24, 2.45) is 0 Å². The Kier molecular flexibility index (Phi) is 4.74. The number of nitrogens with one attached hydrogen (secondary N) is 3. The van der Waals surface area contributed by atoms with Gasteiger partial charge in [0.15, 0.2) is 0 Å². The van der Waals surface area contributed by atoms with Gasteiger partial charge >= 0.3 is 6.03 Å². The summed E-state index contributed by atoms with van der Waals surface area (Å²) in [7, 11) is 0. The van der Waals surface area contributed by atoms with E-state index < -0.39 is 0 Å². The minimum Gasteiger partial charge on any atom is -0.372 e. The lowest BCUT2D eigenvalue weighted by molar-refractivity contribution is -0.118. The van der Waals surface area contributed by atoms with E-state index >= 15 is 0 Å². The van der Waals surface area contributed by atoms with Crippen molar-refractivity contribution in [2.45, 2.75) is 39.3 Å². The summed E-state index contributed by atoms with van der Waals surface area (Å²) in [5, 5.41) is 8.31. The van der Waals surface area contributed by atoms with Gasteiger partial charge in [0.2, 0.25) is 0 Å². The van der Waals surface area contributed by atoms with Crippen molar-refractivity contribution in [3.05, 3.63) is 41.1 Å². The average Bonchev–Trinajstić information content (AvgIpc) is 3.07. The van der Waals surface area contributed by atoms with Crippen LogP contribution in [0, 0.1) is 0 Å². The number of carbonyl (C=O) groups is 2. The third kappa shape index (κ3) is 3.53. The number of hydrogen-bond acceptors (Lipinski definition) is 3. The van der Waals surface area contributed by atoms with Crippen molar-refractivity contribution in [2.75, 3.05) is 18.0 Å². The predicted octanol–water partition coefficient (Wildman–Crippen LogP) is 1.88. The van der Waals surface area contributed by atoms with Gasteiger partial charge in [-0.3, -0.25) is 4.79 Å². The van der Waals surface area contributed by atoms with E-state index in [1.165, 1.54) is 18.5 Å².